The molecule has 0 unspecified atom stereocenters. The molecular formula is C15H13BrCl2N2O. The Kier molecular flexibility index (Phi) is 5.51. The highest BCUT2D eigenvalue weighted by Gasteiger charge is 2.09. The van der Waals surface area contributed by atoms with Crippen LogP contribution in [0.4, 0.5) is 11.4 Å². The first-order valence-corrected chi connectivity index (χ1v) is 7.76. The van der Waals surface area contributed by atoms with Gasteiger partial charge in [0.05, 0.1) is 22.3 Å². The number of carbonyl (C=O) groups excluding carboxylic acids is 1. The minimum absolute atomic E-state index is 0.103. The normalized spacial score (nSPS) is 10.3. The number of hydrogen-bond donors (Lipinski definition) is 2. The van der Waals surface area contributed by atoms with Gasteiger partial charge in [-0.1, -0.05) is 35.3 Å². The highest BCUT2D eigenvalue weighted by atomic mass is 79.9. The molecule has 0 aromatic heterocycles. The molecular weight excluding hydrogens is 375 g/mol. The molecule has 0 bridgehead atoms. The van der Waals surface area contributed by atoms with Crippen molar-refractivity contribution in [2.45, 2.75) is 6.92 Å². The van der Waals surface area contributed by atoms with Crippen LogP contribution in [0.5, 0.6) is 0 Å². The molecule has 0 fully saturated rings. The largest absolute Gasteiger partial charge is 0.375 e. The highest BCUT2D eigenvalue weighted by molar-refractivity contribution is 9.10. The molecule has 0 radical (unpaired) electrons. The molecule has 0 heterocycles. The van der Waals surface area contributed by atoms with Gasteiger partial charge in [-0.05, 0) is 52.7 Å². The Hall–Kier alpha value is -1.23. The molecule has 2 N–H and O–H groups in total. The molecule has 0 aliphatic heterocycles. The van der Waals surface area contributed by atoms with Crippen LogP contribution in [0.1, 0.15) is 5.56 Å². The van der Waals surface area contributed by atoms with Crippen LogP contribution in [0, 0.1) is 6.92 Å². The summed E-state index contributed by atoms with van der Waals surface area (Å²) < 4.78 is 0.712. The van der Waals surface area contributed by atoms with Gasteiger partial charge in [-0.25, -0.2) is 0 Å². The van der Waals surface area contributed by atoms with Crippen molar-refractivity contribution in [2.75, 3.05) is 17.2 Å². The summed E-state index contributed by atoms with van der Waals surface area (Å²) in [5.41, 5.74) is 2.47. The average Bonchev–Trinajstić information content (AvgIpc) is 2.44. The second-order valence-electron chi connectivity index (χ2n) is 4.49. The molecule has 110 valence electrons. The Labute approximate surface area is 141 Å². The predicted molar refractivity (Wildman–Crippen MR) is 92.5 cm³/mol. The molecule has 0 aliphatic rings. The van der Waals surface area contributed by atoms with E-state index in [0.717, 1.165) is 11.3 Å². The number of halogens is 3. The molecule has 21 heavy (non-hydrogen) atoms. The first-order chi connectivity index (χ1) is 9.97. The summed E-state index contributed by atoms with van der Waals surface area (Å²) in [4.78, 5) is 11.9. The predicted octanol–water partition coefficient (Wildman–Crippen LogP) is 5.11. The molecule has 0 saturated heterocycles. The molecule has 3 nitrogen and oxygen atoms in total. The van der Waals surface area contributed by atoms with E-state index in [0.29, 0.717) is 20.2 Å². The maximum atomic E-state index is 11.9. The van der Waals surface area contributed by atoms with Crippen LogP contribution in [-0.4, -0.2) is 12.5 Å². The molecule has 0 atom stereocenters. The fraction of sp³-hybridized carbons (Fsp3) is 0.133. The van der Waals surface area contributed by atoms with Crippen molar-refractivity contribution in [2.24, 2.45) is 0 Å². The summed E-state index contributed by atoms with van der Waals surface area (Å²) in [5, 5.41) is 6.58. The van der Waals surface area contributed by atoms with Gasteiger partial charge >= 0.3 is 0 Å². The van der Waals surface area contributed by atoms with Crippen molar-refractivity contribution in [3.63, 3.8) is 0 Å². The first-order valence-electron chi connectivity index (χ1n) is 6.21. The third-order valence-corrected chi connectivity index (χ3v) is 4.55. The summed E-state index contributed by atoms with van der Waals surface area (Å²) >= 11 is 15.4. The monoisotopic (exact) mass is 386 g/mol. The quantitative estimate of drug-likeness (QED) is 0.715. The van der Waals surface area contributed by atoms with E-state index in [-0.39, 0.29) is 12.5 Å². The van der Waals surface area contributed by atoms with Crippen molar-refractivity contribution in [3.05, 3.63) is 56.5 Å². The zero-order valence-electron chi connectivity index (χ0n) is 11.2. The van der Waals surface area contributed by atoms with Crippen molar-refractivity contribution in [1.82, 2.24) is 0 Å². The van der Waals surface area contributed by atoms with E-state index in [1.807, 2.05) is 31.2 Å². The number of anilines is 2. The van der Waals surface area contributed by atoms with E-state index < -0.39 is 0 Å². The van der Waals surface area contributed by atoms with Crippen molar-refractivity contribution in [1.29, 1.82) is 0 Å². The van der Waals surface area contributed by atoms with Crippen LogP contribution < -0.4 is 10.6 Å². The molecule has 0 saturated carbocycles. The number of benzene rings is 2. The highest BCUT2D eigenvalue weighted by Crippen LogP contribution is 2.35. The summed E-state index contributed by atoms with van der Waals surface area (Å²) in [7, 11) is 0. The summed E-state index contributed by atoms with van der Waals surface area (Å²) in [6.07, 6.45) is 0. The Bertz CT molecular complexity index is 677. The molecule has 2 aromatic carbocycles. The lowest BCUT2D eigenvalue weighted by Crippen LogP contribution is -2.21. The minimum atomic E-state index is -0.157. The average molecular weight is 388 g/mol. The Morgan fingerprint density at radius 3 is 2.67 bits per heavy atom. The van der Waals surface area contributed by atoms with Gasteiger partial charge in [-0.2, -0.15) is 0 Å². The van der Waals surface area contributed by atoms with Crippen LogP contribution >= 0.6 is 39.1 Å². The third kappa shape index (κ3) is 4.37. The lowest BCUT2D eigenvalue weighted by molar-refractivity contribution is -0.114. The van der Waals surface area contributed by atoms with Crippen LogP contribution in [0.3, 0.4) is 0 Å². The number of amides is 1. The van der Waals surface area contributed by atoms with Crippen molar-refractivity contribution >= 4 is 56.4 Å². The molecule has 1 amide bonds. The van der Waals surface area contributed by atoms with E-state index in [9.17, 15) is 4.79 Å². The Morgan fingerprint density at radius 1 is 1.19 bits per heavy atom. The van der Waals surface area contributed by atoms with E-state index >= 15 is 0 Å². The zero-order chi connectivity index (χ0) is 15.4. The first kappa shape index (κ1) is 16.1. The maximum Gasteiger partial charge on any atom is 0.243 e. The SMILES string of the molecule is Cc1cccc(NC(=O)CNc2ccc(Br)c(Cl)c2Cl)c1. The van der Waals surface area contributed by atoms with Crippen LogP contribution in [0.15, 0.2) is 40.9 Å². The number of nitrogens with one attached hydrogen (secondary N) is 2. The summed E-state index contributed by atoms with van der Waals surface area (Å²) in [6.45, 7) is 2.07. The van der Waals surface area contributed by atoms with Crippen molar-refractivity contribution < 1.29 is 4.79 Å². The number of hydrogen-bond acceptors (Lipinski definition) is 2. The molecule has 0 spiro atoms. The number of aryl methyl sites for hydroxylation is 1. The van der Waals surface area contributed by atoms with E-state index in [4.69, 9.17) is 23.2 Å². The van der Waals surface area contributed by atoms with Gasteiger partial charge in [0.2, 0.25) is 5.91 Å². The topological polar surface area (TPSA) is 41.1 Å². The fourth-order valence-electron chi connectivity index (χ4n) is 1.77. The minimum Gasteiger partial charge on any atom is -0.375 e. The lowest BCUT2D eigenvalue weighted by atomic mass is 10.2. The summed E-state index contributed by atoms with van der Waals surface area (Å²) in [6, 6.07) is 11.1. The Morgan fingerprint density at radius 2 is 1.95 bits per heavy atom. The van der Waals surface area contributed by atoms with Crippen LogP contribution in [0.2, 0.25) is 10.0 Å². The van der Waals surface area contributed by atoms with E-state index in [1.54, 1.807) is 12.1 Å². The smallest absolute Gasteiger partial charge is 0.243 e. The van der Waals surface area contributed by atoms with Gasteiger partial charge in [0, 0.05) is 10.2 Å². The third-order valence-electron chi connectivity index (χ3n) is 2.78. The fourth-order valence-corrected chi connectivity index (χ4v) is 2.61. The van der Waals surface area contributed by atoms with Gasteiger partial charge in [0.25, 0.3) is 0 Å². The molecule has 6 heteroatoms. The molecule has 2 rings (SSSR count). The Balaban J connectivity index is 1.97. The van der Waals surface area contributed by atoms with E-state index in [1.165, 1.54) is 0 Å². The standard InChI is InChI=1S/C15H13BrCl2N2O/c1-9-3-2-4-10(7-9)20-13(21)8-19-12-6-5-11(16)14(17)15(12)18/h2-7,19H,8H2,1H3,(H,20,21). The molecule has 0 aliphatic carbocycles. The van der Waals surface area contributed by atoms with Crippen LogP contribution in [0.25, 0.3) is 0 Å². The molecule has 2 aromatic rings. The van der Waals surface area contributed by atoms with Crippen LogP contribution in [-0.2, 0) is 4.79 Å². The maximum absolute atomic E-state index is 11.9. The van der Waals surface area contributed by atoms with Gasteiger partial charge in [0.15, 0.2) is 0 Å². The second kappa shape index (κ2) is 7.16. The van der Waals surface area contributed by atoms with Gasteiger partial charge in [0.1, 0.15) is 0 Å². The lowest BCUT2D eigenvalue weighted by Gasteiger charge is -2.11. The zero-order valence-corrected chi connectivity index (χ0v) is 14.3. The van der Waals surface area contributed by atoms with Gasteiger partial charge < -0.3 is 10.6 Å². The van der Waals surface area contributed by atoms with Gasteiger partial charge in [-0.15, -0.1) is 0 Å². The van der Waals surface area contributed by atoms with Gasteiger partial charge in [-0.3, -0.25) is 4.79 Å². The van der Waals surface area contributed by atoms with Crippen molar-refractivity contribution in [3.8, 4) is 0 Å². The number of rotatable bonds is 4. The second-order valence-corrected chi connectivity index (χ2v) is 6.10. The number of carbonyl (C=O) groups is 1. The van der Waals surface area contributed by atoms with E-state index in [2.05, 4.69) is 26.6 Å². The summed E-state index contributed by atoms with van der Waals surface area (Å²) in [5.74, 6) is -0.157.